The zero-order valence-corrected chi connectivity index (χ0v) is 22.2. The molecule has 0 aliphatic carbocycles. The van der Waals surface area contributed by atoms with Crippen LogP contribution < -0.4 is 10.2 Å². The molecule has 10 nitrogen and oxygen atoms in total. The summed E-state index contributed by atoms with van der Waals surface area (Å²) < 4.78 is 0. The lowest BCUT2D eigenvalue weighted by Crippen LogP contribution is -2.71. The Hall–Kier alpha value is -3.02. The summed E-state index contributed by atoms with van der Waals surface area (Å²) in [5, 5.41) is 55.4. The van der Waals surface area contributed by atoms with Crippen molar-refractivity contribution >= 4 is 17.5 Å². The second-order valence-electron chi connectivity index (χ2n) is 9.80. The van der Waals surface area contributed by atoms with Gasteiger partial charge in [-0.1, -0.05) is 32.0 Å². The average Bonchev–Trinajstić information content (AvgIpc) is 3.34. The molecule has 2 amide bonds. The van der Waals surface area contributed by atoms with Crippen LogP contribution in [0.25, 0.3) is 0 Å². The number of rotatable bonds is 12. The summed E-state index contributed by atoms with van der Waals surface area (Å²) in [5.41, 5.74) is -0.315. The molecule has 2 aromatic rings. The Morgan fingerprint density at radius 1 is 1.05 bits per heavy atom. The Kier molecular flexibility index (Phi) is 9.86. The van der Waals surface area contributed by atoms with Gasteiger partial charge in [-0.3, -0.25) is 9.59 Å². The van der Waals surface area contributed by atoms with Crippen LogP contribution in [0.2, 0.25) is 0 Å². The molecule has 2 aromatic carbocycles. The van der Waals surface area contributed by atoms with E-state index in [1.54, 1.807) is 30.0 Å². The Morgan fingerprint density at radius 3 is 2.32 bits per heavy atom. The lowest BCUT2D eigenvalue weighted by molar-refractivity contribution is -0.192. The topological polar surface area (TPSA) is 154 Å². The molecule has 0 aromatic heterocycles. The van der Waals surface area contributed by atoms with Crippen LogP contribution in [0.15, 0.2) is 42.5 Å². The largest absolute Gasteiger partial charge is 0.394 e. The number of hydrogen-bond donors (Lipinski definition) is 6. The van der Waals surface area contributed by atoms with Gasteiger partial charge in [-0.2, -0.15) is 0 Å². The van der Waals surface area contributed by atoms with Crippen LogP contribution in [0, 0.1) is 6.92 Å². The number of para-hydroxylation sites is 1. The number of carbonyl (C=O) groups is 2. The maximum absolute atomic E-state index is 13.4. The summed E-state index contributed by atoms with van der Waals surface area (Å²) in [6.07, 6.45) is -3.76. The maximum Gasteiger partial charge on any atom is 0.253 e. The van der Waals surface area contributed by atoms with Crippen LogP contribution in [0.5, 0.6) is 0 Å². The molecule has 1 unspecified atom stereocenters. The molecule has 0 saturated heterocycles. The molecule has 0 spiro atoms. The predicted molar refractivity (Wildman–Crippen MR) is 143 cm³/mol. The minimum atomic E-state index is -2.78. The van der Waals surface area contributed by atoms with Crippen molar-refractivity contribution in [2.24, 2.45) is 0 Å². The number of aryl methyl sites for hydroxylation is 1. The molecule has 6 N–H and O–H groups in total. The molecular formula is C28H39N3O7. The Morgan fingerprint density at radius 2 is 1.68 bits per heavy atom. The zero-order chi connectivity index (χ0) is 28.0. The van der Waals surface area contributed by atoms with Crippen molar-refractivity contribution in [1.82, 2.24) is 10.2 Å². The number of aliphatic hydroxyl groups is 5. The van der Waals surface area contributed by atoms with Gasteiger partial charge in [0.2, 0.25) is 5.72 Å². The van der Waals surface area contributed by atoms with Crippen molar-refractivity contribution in [2.45, 2.75) is 64.2 Å². The molecule has 0 saturated carbocycles. The predicted octanol–water partition coefficient (Wildman–Crippen LogP) is 0.771. The number of benzene rings is 2. The first-order chi connectivity index (χ1) is 18.1. The molecule has 4 atom stereocenters. The van der Waals surface area contributed by atoms with E-state index in [2.05, 4.69) is 5.32 Å². The fourth-order valence-electron chi connectivity index (χ4n) is 4.87. The van der Waals surface area contributed by atoms with Gasteiger partial charge in [-0.15, -0.1) is 0 Å². The van der Waals surface area contributed by atoms with E-state index >= 15 is 0 Å². The molecule has 1 aliphatic rings. The Labute approximate surface area is 223 Å². The minimum absolute atomic E-state index is 0.0273. The summed E-state index contributed by atoms with van der Waals surface area (Å²) >= 11 is 0. The van der Waals surface area contributed by atoms with Crippen LogP contribution in [-0.2, 0) is 6.42 Å². The highest BCUT2D eigenvalue weighted by Gasteiger charge is 2.51. The highest BCUT2D eigenvalue weighted by Crippen LogP contribution is 2.32. The smallest absolute Gasteiger partial charge is 0.253 e. The standard InChI is InChI=1S/C28H39N3O7/c1-4-11-30(12-5-2)26(36)21-15-18(3)14-20(16-21)25(35)29-28(38,24(34)23(33)17-32)27(37)31-13-10-19-8-6-7-9-22(19)31/h6-9,14-16,23-24,27,32-34,37-38H,4-5,10-13,17H2,1-3H3,(H,29,35)/t23-,24+,27?,28-/m1/s1. The first-order valence-corrected chi connectivity index (χ1v) is 13.0. The van der Waals surface area contributed by atoms with Crippen molar-refractivity contribution in [2.75, 3.05) is 31.1 Å². The second kappa shape index (κ2) is 12.7. The van der Waals surface area contributed by atoms with E-state index < -0.39 is 36.7 Å². The van der Waals surface area contributed by atoms with E-state index in [4.69, 9.17) is 0 Å². The van der Waals surface area contributed by atoms with Crippen LogP contribution in [0.1, 0.15) is 58.5 Å². The quantitative estimate of drug-likeness (QED) is 0.221. The first kappa shape index (κ1) is 29.5. The van der Waals surface area contributed by atoms with Crippen molar-refractivity contribution in [3.63, 3.8) is 0 Å². The van der Waals surface area contributed by atoms with Gasteiger partial charge in [0.15, 0.2) is 6.23 Å². The van der Waals surface area contributed by atoms with Gasteiger partial charge in [-0.05, 0) is 61.6 Å². The van der Waals surface area contributed by atoms with Gasteiger partial charge >= 0.3 is 0 Å². The maximum atomic E-state index is 13.4. The number of anilines is 1. The average molecular weight is 530 g/mol. The third-order valence-electron chi connectivity index (χ3n) is 6.79. The number of fused-ring (bicyclic) bond motifs is 1. The Balaban J connectivity index is 1.95. The number of hydrogen-bond acceptors (Lipinski definition) is 8. The van der Waals surface area contributed by atoms with Gasteiger partial charge in [0.25, 0.3) is 11.8 Å². The molecule has 208 valence electrons. The SMILES string of the molecule is CCCN(CCC)C(=O)c1cc(C)cc(C(=O)N[C@](O)(C(O)N2CCc3ccccc32)[C@@H](O)[C@H](O)CO)c1. The van der Waals surface area contributed by atoms with Crippen molar-refractivity contribution in [3.05, 3.63) is 64.7 Å². The van der Waals surface area contributed by atoms with Crippen LogP contribution in [-0.4, -0.2) is 92.6 Å². The van der Waals surface area contributed by atoms with E-state index in [0.717, 1.165) is 18.4 Å². The van der Waals surface area contributed by atoms with E-state index in [9.17, 15) is 35.1 Å². The zero-order valence-electron chi connectivity index (χ0n) is 22.2. The van der Waals surface area contributed by atoms with Crippen molar-refractivity contribution in [3.8, 4) is 0 Å². The van der Waals surface area contributed by atoms with Gasteiger partial charge in [-0.25, -0.2) is 0 Å². The molecule has 1 aliphatic heterocycles. The third-order valence-corrected chi connectivity index (χ3v) is 6.79. The number of aliphatic hydroxyl groups excluding tert-OH is 4. The summed E-state index contributed by atoms with van der Waals surface area (Å²) in [6.45, 7) is 6.17. The first-order valence-electron chi connectivity index (χ1n) is 13.0. The lowest BCUT2D eigenvalue weighted by Gasteiger charge is -2.43. The minimum Gasteiger partial charge on any atom is -0.394 e. The molecule has 3 rings (SSSR count). The molecular weight excluding hydrogens is 490 g/mol. The fraction of sp³-hybridized carbons (Fsp3) is 0.500. The normalized spacial score (nSPS) is 16.8. The summed E-state index contributed by atoms with van der Waals surface area (Å²) in [7, 11) is 0. The van der Waals surface area contributed by atoms with Gasteiger partial charge in [0, 0.05) is 36.4 Å². The number of amides is 2. The monoisotopic (exact) mass is 529 g/mol. The van der Waals surface area contributed by atoms with Crippen LogP contribution in [0.3, 0.4) is 0 Å². The lowest BCUT2D eigenvalue weighted by atomic mass is 9.97. The van der Waals surface area contributed by atoms with E-state index in [1.165, 1.54) is 17.0 Å². The van der Waals surface area contributed by atoms with Crippen LogP contribution in [0.4, 0.5) is 5.69 Å². The van der Waals surface area contributed by atoms with E-state index in [1.807, 2.05) is 26.0 Å². The molecule has 0 bridgehead atoms. The summed E-state index contributed by atoms with van der Waals surface area (Å²) in [5.74, 6) is -1.11. The molecule has 10 heteroatoms. The second-order valence-corrected chi connectivity index (χ2v) is 9.80. The van der Waals surface area contributed by atoms with E-state index in [-0.39, 0.29) is 18.0 Å². The number of nitrogens with one attached hydrogen (secondary N) is 1. The molecule has 38 heavy (non-hydrogen) atoms. The third kappa shape index (κ3) is 6.16. The van der Waals surface area contributed by atoms with Gasteiger partial charge in [0.1, 0.15) is 12.2 Å². The summed E-state index contributed by atoms with van der Waals surface area (Å²) in [6, 6.07) is 11.8. The van der Waals surface area contributed by atoms with Crippen molar-refractivity contribution < 1.29 is 35.1 Å². The molecule has 0 radical (unpaired) electrons. The molecule has 0 fully saturated rings. The van der Waals surface area contributed by atoms with Crippen LogP contribution >= 0.6 is 0 Å². The number of carbonyl (C=O) groups excluding carboxylic acids is 2. The Bertz CT molecular complexity index is 1120. The highest BCUT2D eigenvalue weighted by molar-refractivity contribution is 6.00. The fourth-order valence-corrected chi connectivity index (χ4v) is 4.87. The van der Waals surface area contributed by atoms with Crippen molar-refractivity contribution in [1.29, 1.82) is 0 Å². The van der Waals surface area contributed by atoms with Gasteiger partial charge in [0.05, 0.1) is 6.61 Å². The van der Waals surface area contributed by atoms with E-state index in [0.29, 0.717) is 36.3 Å². The van der Waals surface area contributed by atoms with Gasteiger partial charge < -0.3 is 40.6 Å². The summed E-state index contributed by atoms with van der Waals surface area (Å²) in [4.78, 5) is 29.7. The molecule has 1 heterocycles. The highest BCUT2D eigenvalue weighted by atomic mass is 16.4. The number of nitrogens with zero attached hydrogens (tertiary/aromatic N) is 2.